The molecule has 8 heteroatoms. The van der Waals surface area contributed by atoms with Crippen LogP contribution in [-0.2, 0) is 14.9 Å². The molecule has 0 saturated carbocycles. The standard InChI is InChI=1S/C37H75NO6S/c1-3-5-7-9-11-13-15-17-18-20-22-24-26-28-30-32-36(40)37(41)38-34(33-45(42,43)44)35(39)31-29-27-25-23-21-19-16-14-12-10-8-6-4-2/h34-36,39-40H,3-33H2,1-2H3,(H,38,41)(H,42,43,44). The van der Waals surface area contributed by atoms with Crippen molar-refractivity contribution in [2.45, 2.75) is 225 Å². The Hall–Kier alpha value is -0.700. The minimum Gasteiger partial charge on any atom is -0.391 e. The molecule has 0 aliphatic rings. The van der Waals surface area contributed by atoms with Crippen LogP contribution < -0.4 is 5.32 Å². The van der Waals surface area contributed by atoms with Gasteiger partial charge in [0.05, 0.1) is 17.9 Å². The van der Waals surface area contributed by atoms with Crippen LogP contribution in [0.4, 0.5) is 0 Å². The van der Waals surface area contributed by atoms with Gasteiger partial charge in [-0.2, -0.15) is 8.42 Å². The summed E-state index contributed by atoms with van der Waals surface area (Å²) < 4.78 is 32.5. The summed E-state index contributed by atoms with van der Waals surface area (Å²) in [6.07, 6.45) is 32.6. The van der Waals surface area contributed by atoms with E-state index in [1.807, 2.05) is 0 Å². The molecule has 3 unspecified atom stereocenters. The summed E-state index contributed by atoms with van der Waals surface area (Å²) in [5.41, 5.74) is 0. The highest BCUT2D eigenvalue weighted by Gasteiger charge is 2.28. The fourth-order valence-corrected chi connectivity index (χ4v) is 6.93. The van der Waals surface area contributed by atoms with Gasteiger partial charge in [0.15, 0.2) is 0 Å². The molecule has 1 amide bonds. The first-order valence-electron chi connectivity index (χ1n) is 19.3. The van der Waals surface area contributed by atoms with Gasteiger partial charge in [0, 0.05) is 0 Å². The van der Waals surface area contributed by atoms with E-state index in [2.05, 4.69) is 19.2 Å². The van der Waals surface area contributed by atoms with Gasteiger partial charge in [-0.15, -0.1) is 0 Å². The third-order valence-corrected chi connectivity index (χ3v) is 9.95. The van der Waals surface area contributed by atoms with Gasteiger partial charge in [-0.1, -0.05) is 194 Å². The zero-order chi connectivity index (χ0) is 33.4. The summed E-state index contributed by atoms with van der Waals surface area (Å²) in [6, 6.07) is -1.14. The van der Waals surface area contributed by atoms with Crippen LogP contribution in [0.3, 0.4) is 0 Å². The minimum atomic E-state index is -4.40. The van der Waals surface area contributed by atoms with Gasteiger partial charge in [0.2, 0.25) is 5.91 Å². The second-order valence-electron chi connectivity index (χ2n) is 13.7. The first kappa shape index (κ1) is 44.3. The van der Waals surface area contributed by atoms with E-state index < -0.39 is 40.0 Å². The predicted octanol–water partition coefficient (Wildman–Crippen LogP) is 9.82. The smallest absolute Gasteiger partial charge is 0.266 e. The van der Waals surface area contributed by atoms with Crippen molar-refractivity contribution in [3.8, 4) is 0 Å². The van der Waals surface area contributed by atoms with Crippen molar-refractivity contribution < 1.29 is 28.0 Å². The number of aliphatic hydroxyl groups is 2. The number of aliphatic hydroxyl groups excluding tert-OH is 2. The molecule has 0 aromatic carbocycles. The Kier molecular flexibility index (Phi) is 31.4. The molecule has 7 nitrogen and oxygen atoms in total. The van der Waals surface area contributed by atoms with E-state index in [1.54, 1.807) is 0 Å². The van der Waals surface area contributed by atoms with Crippen LogP contribution >= 0.6 is 0 Å². The maximum Gasteiger partial charge on any atom is 0.266 e. The molecule has 0 radical (unpaired) electrons. The molecule has 270 valence electrons. The van der Waals surface area contributed by atoms with E-state index in [1.165, 1.54) is 135 Å². The number of hydrogen-bond acceptors (Lipinski definition) is 5. The van der Waals surface area contributed by atoms with Gasteiger partial charge < -0.3 is 15.5 Å². The third-order valence-electron chi connectivity index (χ3n) is 9.17. The van der Waals surface area contributed by atoms with Crippen LogP contribution in [0.1, 0.15) is 206 Å². The summed E-state index contributed by atoms with van der Waals surface area (Å²) in [5, 5.41) is 23.5. The van der Waals surface area contributed by atoms with E-state index in [9.17, 15) is 28.0 Å². The van der Waals surface area contributed by atoms with Gasteiger partial charge in [-0.3, -0.25) is 9.35 Å². The predicted molar refractivity (Wildman–Crippen MR) is 190 cm³/mol. The normalized spacial score (nSPS) is 14.0. The van der Waals surface area contributed by atoms with Crippen LogP contribution in [0, 0.1) is 0 Å². The number of carbonyl (C=O) groups is 1. The van der Waals surface area contributed by atoms with E-state index in [-0.39, 0.29) is 0 Å². The lowest BCUT2D eigenvalue weighted by molar-refractivity contribution is -0.131. The molecule has 0 aliphatic heterocycles. The number of unbranched alkanes of at least 4 members (excludes halogenated alkanes) is 26. The lowest BCUT2D eigenvalue weighted by atomic mass is 10.0. The van der Waals surface area contributed by atoms with Gasteiger partial charge in [-0.25, -0.2) is 0 Å². The number of hydrogen-bond donors (Lipinski definition) is 4. The number of carbonyl (C=O) groups excluding carboxylic acids is 1. The van der Waals surface area contributed by atoms with Crippen molar-refractivity contribution in [2.24, 2.45) is 0 Å². The van der Waals surface area contributed by atoms with Gasteiger partial charge >= 0.3 is 0 Å². The van der Waals surface area contributed by atoms with E-state index in [0.717, 1.165) is 44.9 Å². The molecule has 45 heavy (non-hydrogen) atoms. The Labute approximate surface area is 279 Å². The Morgan fingerprint density at radius 2 is 0.800 bits per heavy atom. The molecule has 0 rings (SSSR count). The van der Waals surface area contributed by atoms with E-state index >= 15 is 0 Å². The second-order valence-corrected chi connectivity index (χ2v) is 15.2. The zero-order valence-electron chi connectivity index (χ0n) is 29.6. The van der Waals surface area contributed by atoms with Gasteiger partial charge in [-0.05, 0) is 12.8 Å². The average Bonchev–Trinajstić information content (AvgIpc) is 3.00. The second kappa shape index (κ2) is 31.9. The Morgan fingerprint density at radius 1 is 0.511 bits per heavy atom. The molecular weight excluding hydrogens is 586 g/mol. The van der Waals surface area contributed by atoms with Crippen LogP contribution in [0.5, 0.6) is 0 Å². The highest BCUT2D eigenvalue weighted by Crippen LogP contribution is 2.16. The quantitative estimate of drug-likeness (QED) is 0.0396. The van der Waals surface area contributed by atoms with E-state index in [0.29, 0.717) is 12.8 Å². The lowest BCUT2D eigenvalue weighted by Crippen LogP contribution is -2.50. The molecule has 0 aromatic rings. The Balaban J connectivity index is 3.99. The third kappa shape index (κ3) is 31.7. The molecule has 0 bridgehead atoms. The fraction of sp³-hybridized carbons (Fsp3) is 0.973. The summed E-state index contributed by atoms with van der Waals surface area (Å²) in [4.78, 5) is 12.6. The van der Waals surface area contributed by atoms with E-state index in [4.69, 9.17) is 0 Å². The molecule has 0 fully saturated rings. The van der Waals surface area contributed by atoms with Crippen LogP contribution in [-0.4, -0.2) is 53.1 Å². The molecule has 4 N–H and O–H groups in total. The summed E-state index contributed by atoms with van der Waals surface area (Å²) in [5.74, 6) is -1.44. The zero-order valence-corrected chi connectivity index (χ0v) is 30.4. The number of amides is 1. The first-order chi connectivity index (χ1) is 21.7. The highest BCUT2D eigenvalue weighted by molar-refractivity contribution is 7.85. The van der Waals surface area contributed by atoms with Crippen molar-refractivity contribution >= 4 is 16.0 Å². The number of rotatable bonds is 35. The monoisotopic (exact) mass is 662 g/mol. The van der Waals surface area contributed by atoms with Crippen molar-refractivity contribution in [3.05, 3.63) is 0 Å². The molecule has 3 atom stereocenters. The highest BCUT2D eigenvalue weighted by atomic mass is 32.2. The number of nitrogens with one attached hydrogen (secondary N) is 1. The molecule has 0 spiro atoms. The summed E-state index contributed by atoms with van der Waals surface area (Å²) in [6.45, 7) is 4.50. The van der Waals surface area contributed by atoms with Crippen LogP contribution in [0.15, 0.2) is 0 Å². The van der Waals surface area contributed by atoms with Crippen molar-refractivity contribution in [1.82, 2.24) is 5.32 Å². The van der Waals surface area contributed by atoms with Gasteiger partial charge in [0.1, 0.15) is 6.10 Å². The SMILES string of the molecule is CCCCCCCCCCCCCCCCCC(O)C(=O)NC(CS(=O)(=O)O)C(O)CCCCCCCCCCCCCCC. The average molecular weight is 662 g/mol. The summed E-state index contributed by atoms with van der Waals surface area (Å²) in [7, 11) is -4.40. The molecular formula is C37H75NO6S. The molecule has 0 aromatic heterocycles. The van der Waals surface area contributed by atoms with Crippen molar-refractivity contribution in [1.29, 1.82) is 0 Å². The largest absolute Gasteiger partial charge is 0.391 e. The van der Waals surface area contributed by atoms with Crippen molar-refractivity contribution in [3.63, 3.8) is 0 Å². The lowest BCUT2D eigenvalue weighted by Gasteiger charge is -2.24. The van der Waals surface area contributed by atoms with Crippen LogP contribution in [0.25, 0.3) is 0 Å². The maximum absolute atomic E-state index is 12.6. The summed E-state index contributed by atoms with van der Waals surface area (Å²) >= 11 is 0. The Bertz CT molecular complexity index is 747. The Morgan fingerprint density at radius 3 is 1.11 bits per heavy atom. The first-order valence-corrected chi connectivity index (χ1v) is 20.9. The minimum absolute atomic E-state index is 0.303. The topological polar surface area (TPSA) is 124 Å². The molecule has 0 aliphatic carbocycles. The molecule has 0 heterocycles. The van der Waals surface area contributed by atoms with Crippen LogP contribution in [0.2, 0.25) is 0 Å². The molecule has 0 saturated heterocycles. The van der Waals surface area contributed by atoms with Gasteiger partial charge in [0.25, 0.3) is 10.1 Å². The fourth-order valence-electron chi connectivity index (χ4n) is 6.17. The maximum atomic E-state index is 12.6. The van der Waals surface area contributed by atoms with Crippen molar-refractivity contribution in [2.75, 3.05) is 5.75 Å².